The van der Waals surface area contributed by atoms with E-state index in [0.717, 1.165) is 31.2 Å². The van der Waals surface area contributed by atoms with E-state index < -0.39 is 0 Å². The van der Waals surface area contributed by atoms with Gasteiger partial charge < -0.3 is 10.0 Å². The third kappa shape index (κ3) is 3.04. The molecule has 0 aromatic heterocycles. The third-order valence-electron chi connectivity index (χ3n) is 4.42. The Morgan fingerprint density at radius 1 is 1.30 bits per heavy atom. The van der Waals surface area contributed by atoms with E-state index in [4.69, 9.17) is 0 Å². The fraction of sp³-hybridized carbons (Fsp3) is 0.588. The fourth-order valence-corrected chi connectivity index (χ4v) is 3.21. The quantitative estimate of drug-likeness (QED) is 0.897. The molecule has 2 rings (SSSR count). The maximum Gasteiger partial charge on any atom is 0.232 e. The smallest absolute Gasteiger partial charge is 0.232 e. The first-order valence-corrected chi connectivity index (χ1v) is 7.55. The summed E-state index contributed by atoms with van der Waals surface area (Å²) in [4.78, 5) is 14.7. The van der Waals surface area contributed by atoms with E-state index in [0.29, 0.717) is 13.0 Å². The summed E-state index contributed by atoms with van der Waals surface area (Å²) in [5.74, 6) is 0.210. The second-order valence-electron chi connectivity index (χ2n) is 6.02. The van der Waals surface area contributed by atoms with Gasteiger partial charge in [0.15, 0.2) is 0 Å². The Balaban J connectivity index is 2.18. The average molecular weight is 275 g/mol. The van der Waals surface area contributed by atoms with Crippen LogP contribution in [0.2, 0.25) is 0 Å². The van der Waals surface area contributed by atoms with Crippen molar-refractivity contribution in [3.63, 3.8) is 0 Å². The lowest BCUT2D eigenvalue weighted by Crippen LogP contribution is -2.44. The summed E-state index contributed by atoms with van der Waals surface area (Å²) in [5, 5.41) is 9.39. The van der Waals surface area contributed by atoms with Gasteiger partial charge in [0.25, 0.3) is 0 Å². The van der Waals surface area contributed by atoms with Gasteiger partial charge >= 0.3 is 0 Å². The topological polar surface area (TPSA) is 40.5 Å². The molecule has 20 heavy (non-hydrogen) atoms. The number of carbonyl (C=O) groups is 1. The lowest BCUT2D eigenvalue weighted by molar-refractivity contribution is -0.136. The van der Waals surface area contributed by atoms with Crippen molar-refractivity contribution < 1.29 is 9.90 Å². The van der Waals surface area contributed by atoms with Crippen LogP contribution in [-0.4, -0.2) is 35.6 Å². The summed E-state index contributed by atoms with van der Waals surface area (Å²) in [5.41, 5.74) is 0.806. The molecule has 1 amide bonds. The molecule has 1 N–H and O–H groups in total. The molecule has 110 valence electrons. The van der Waals surface area contributed by atoms with Crippen molar-refractivity contribution in [2.75, 3.05) is 13.6 Å². The van der Waals surface area contributed by atoms with Crippen molar-refractivity contribution in [3.05, 3.63) is 35.9 Å². The molecule has 1 aromatic rings. The minimum absolute atomic E-state index is 0.210. The van der Waals surface area contributed by atoms with E-state index in [1.54, 1.807) is 11.8 Å². The molecule has 1 atom stereocenters. The zero-order valence-electron chi connectivity index (χ0n) is 12.5. The monoisotopic (exact) mass is 275 g/mol. The molecular weight excluding hydrogens is 250 g/mol. The molecule has 1 aromatic carbocycles. The number of aliphatic hydroxyl groups is 1. The van der Waals surface area contributed by atoms with Crippen LogP contribution in [0.5, 0.6) is 0 Å². The van der Waals surface area contributed by atoms with Crippen molar-refractivity contribution in [1.29, 1.82) is 0 Å². The highest BCUT2D eigenvalue weighted by molar-refractivity contribution is 5.88. The van der Waals surface area contributed by atoms with Gasteiger partial charge in [-0.15, -0.1) is 0 Å². The summed E-state index contributed by atoms with van der Waals surface area (Å²) in [6.07, 6.45) is 4.38. The molecule has 1 aliphatic rings. The van der Waals surface area contributed by atoms with E-state index in [-0.39, 0.29) is 17.4 Å². The van der Waals surface area contributed by atoms with Crippen molar-refractivity contribution in [1.82, 2.24) is 4.90 Å². The van der Waals surface area contributed by atoms with Crippen LogP contribution in [0.3, 0.4) is 0 Å². The minimum atomic E-state index is -0.360. The van der Waals surface area contributed by atoms with Crippen LogP contribution in [0.4, 0.5) is 0 Å². The molecule has 3 nitrogen and oxygen atoms in total. The second kappa shape index (κ2) is 6.40. The number of rotatable bonds is 5. The van der Waals surface area contributed by atoms with Gasteiger partial charge in [-0.1, -0.05) is 43.2 Å². The Morgan fingerprint density at radius 2 is 1.90 bits per heavy atom. The lowest BCUT2D eigenvalue weighted by Gasteiger charge is -2.33. The number of aliphatic hydroxyl groups excluding tert-OH is 1. The summed E-state index contributed by atoms with van der Waals surface area (Å²) in [6, 6.07) is 10.2. The van der Waals surface area contributed by atoms with Gasteiger partial charge in [-0.3, -0.25) is 4.79 Å². The van der Waals surface area contributed by atoms with Gasteiger partial charge in [0, 0.05) is 13.6 Å². The SMILES string of the molecule is CC(O)CCN(C)C(=O)C1(c2ccccc2)CCCC1. The summed E-state index contributed by atoms with van der Waals surface area (Å²) >= 11 is 0. The molecule has 1 fully saturated rings. The second-order valence-corrected chi connectivity index (χ2v) is 6.02. The van der Waals surface area contributed by atoms with E-state index in [1.165, 1.54) is 0 Å². The first kappa shape index (κ1) is 15.0. The summed E-state index contributed by atoms with van der Waals surface area (Å²) < 4.78 is 0. The van der Waals surface area contributed by atoms with Gasteiger partial charge in [-0.25, -0.2) is 0 Å². The normalized spacial score (nSPS) is 18.8. The molecule has 3 heteroatoms. The van der Waals surface area contributed by atoms with Crippen LogP contribution in [0, 0.1) is 0 Å². The molecule has 1 saturated carbocycles. The molecule has 0 aliphatic heterocycles. The Morgan fingerprint density at radius 3 is 2.45 bits per heavy atom. The van der Waals surface area contributed by atoms with E-state index >= 15 is 0 Å². The van der Waals surface area contributed by atoms with E-state index in [9.17, 15) is 9.90 Å². The number of benzene rings is 1. The average Bonchev–Trinajstić information content (AvgIpc) is 2.95. The number of nitrogens with zero attached hydrogens (tertiary/aromatic N) is 1. The van der Waals surface area contributed by atoms with Gasteiger partial charge in [-0.2, -0.15) is 0 Å². The van der Waals surface area contributed by atoms with Crippen LogP contribution >= 0.6 is 0 Å². The highest BCUT2D eigenvalue weighted by Gasteiger charge is 2.43. The first-order chi connectivity index (χ1) is 9.56. The number of hydrogen-bond donors (Lipinski definition) is 1. The maximum atomic E-state index is 12.9. The predicted octanol–water partition coefficient (Wildman–Crippen LogP) is 2.73. The maximum absolute atomic E-state index is 12.9. The van der Waals surface area contributed by atoms with E-state index in [2.05, 4.69) is 12.1 Å². The van der Waals surface area contributed by atoms with Gasteiger partial charge in [0.05, 0.1) is 11.5 Å². The van der Waals surface area contributed by atoms with Crippen molar-refractivity contribution in [3.8, 4) is 0 Å². The fourth-order valence-electron chi connectivity index (χ4n) is 3.21. The lowest BCUT2D eigenvalue weighted by atomic mass is 9.77. The van der Waals surface area contributed by atoms with Crippen LogP contribution < -0.4 is 0 Å². The zero-order chi connectivity index (χ0) is 14.6. The number of amides is 1. The molecule has 0 spiro atoms. The standard InChI is InChI=1S/C17H25NO2/c1-14(19)10-13-18(2)16(20)17(11-6-7-12-17)15-8-4-3-5-9-15/h3-5,8-9,14,19H,6-7,10-13H2,1-2H3. The molecule has 1 aliphatic carbocycles. The van der Waals surface area contributed by atoms with Gasteiger partial charge in [0.1, 0.15) is 0 Å². The predicted molar refractivity (Wildman–Crippen MR) is 80.5 cm³/mol. The Hall–Kier alpha value is -1.35. The molecule has 0 saturated heterocycles. The zero-order valence-corrected chi connectivity index (χ0v) is 12.5. The van der Waals surface area contributed by atoms with Crippen LogP contribution in [0.25, 0.3) is 0 Å². The van der Waals surface area contributed by atoms with Crippen LogP contribution in [-0.2, 0) is 10.2 Å². The molecule has 0 heterocycles. The number of hydrogen-bond acceptors (Lipinski definition) is 2. The van der Waals surface area contributed by atoms with Crippen LogP contribution in [0.15, 0.2) is 30.3 Å². The van der Waals surface area contributed by atoms with Gasteiger partial charge in [0.2, 0.25) is 5.91 Å². The molecular formula is C17H25NO2. The Labute approximate surface area is 121 Å². The van der Waals surface area contributed by atoms with Crippen molar-refractivity contribution >= 4 is 5.91 Å². The Kier molecular flexibility index (Phi) is 4.81. The van der Waals surface area contributed by atoms with Crippen LogP contribution in [0.1, 0.15) is 44.6 Å². The Bertz CT molecular complexity index is 436. The number of likely N-dealkylation sites (N-methyl/N-ethyl adjacent to an activating group) is 1. The summed E-state index contributed by atoms with van der Waals surface area (Å²) in [6.45, 7) is 2.38. The molecule has 1 unspecified atom stereocenters. The highest BCUT2D eigenvalue weighted by atomic mass is 16.3. The van der Waals surface area contributed by atoms with Gasteiger partial charge in [-0.05, 0) is 31.7 Å². The minimum Gasteiger partial charge on any atom is -0.393 e. The summed E-state index contributed by atoms with van der Waals surface area (Å²) in [7, 11) is 1.85. The van der Waals surface area contributed by atoms with E-state index in [1.807, 2.05) is 25.2 Å². The largest absolute Gasteiger partial charge is 0.393 e. The molecule has 0 radical (unpaired) electrons. The molecule has 0 bridgehead atoms. The van der Waals surface area contributed by atoms with Crippen molar-refractivity contribution in [2.24, 2.45) is 0 Å². The van der Waals surface area contributed by atoms with Crippen molar-refractivity contribution in [2.45, 2.75) is 50.5 Å². The third-order valence-corrected chi connectivity index (χ3v) is 4.42. The highest BCUT2D eigenvalue weighted by Crippen LogP contribution is 2.42. The number of carbonyl (C=O) groups excluding carboxylic acids is 1. The first-order valence-electron chi connectivity index (χ1n) is 7.55.